The minimum Gasteiger partial charge on any atom is -0.342 e. The summed E-state index contributed by atoms with van der Waals surface area (Å²) >= 11 is 0. The fourth-order valence-corrected chi connectivity index (χ4v) is 2.74. The first kappa shape index (κ1) is 11.9. The first-order valence-electron chi connectivity index (χ1n) is 6.54. The molecular weight excluding hydrogens is 200 g/mol. The van der Waals surface area contributed by atoms with Gasteiger partial charge in [0.05, 0.1) is 0 Å². The van der Waals surface area contributed by atoms with Gasteiger partial charge in [0.25, 0.3) is 0 Å². The molecule has 2 aliphatic heterocycles. The zero-order valence-corrected chi connectivity index (χ0v) is 10.8. The van der Waals surface area contributed by atoms with Gasteiger partial charge in [-0.1, -0.05) is 20.8 Å². The van der Waals surface area contributed by atoms with Crippen molar-refractivity contribution in [2.24, 2.45) is 17.3 Å². The third-order valence-corrected chi connectivity index (χ3v) is 4.36. The molecule has 0 saturated carbocycles. The van der Waals surface area contributed by atoms with E-state index in [2.05, 4.69) is 31.0 Å². The van der Waals surface area contributed by atoms with Crippen molar-refractivity contribution in [1.29, 1.82) is 0 Å². The van der Waals surface area contributed by atoms with E-state index in [0.29, 0.717) is 17.2 Å². The molecule has 0 aliphatic carbocycles. The van der Waals surface area contributed by atoms with Gasteiger partial charge < -0.3 is 10.2 Å². The molecule has 1 amide bonds. The summed E-state index contributed by atoms with van der Waals surface area (Å²) in [6.45, 7) is 10.5. The van der Waals surface area contributed by atoms with Crippen molar-refractivity contribution in [1.82, 2.24) is 10.2 Å². The highest BCUT2D eigenvalue weighted by atomic mass is 16.2. The van der Waals surface area contributed by atoms with Crippen molar-refractivity contribution in [3.63, 3.8) is 0 Å². The van der Waals surface area contributed by atoms with Gasteiger partial charge >= 0.3 is 0 Å². The molecule has 92 valence electrons. The molecule has 3 nitrogen and oxygen atoms in total. The summed E-state index contributed by atoms with van der Waals surface area (Å²) in [6, 6.07) is 0. The molecule has 1 N–H and O–H groups in total. The van der Waals surface area contributed by atoms with Crippen LogP contribution in [-0.4, -0.2) is 37.0 Å². The average molecular weight is 224 g/mol. The second-order valence-electron chi connectivity index (χ2n) is 6.00. The number of hydrogen-bond acceptors (Lipinski definition) is 2. The maximum atomic E-state index is 12.3. The lowest BCUT2D eigenvalue weighted by molar-refractivity contribution is -0.141. The van der Waals surface area contributed by atoms with Gasteiger partial charge in [-0.15, -0.1) is 0 Å². The molecule has 16 heavy (non-hydrogen) atoms. The van der Waals surface area contributed by atoms with Crippen molar-refractivity contribution < 1.29 is 4.79 Å². The van der Waals surface area contributed by atoms with Crippen molar-refractivity contribution in [2.75, 3.05) is 26.2 Å². The Hall–Kier alpha value is -0.570. The lowest BCUT2D eigenvalue weighted by Gasteiger charge is -2.49. The molecule has 2 rings (SSSR count). The topological polar surface area (TPSA) is 32.3 Å². The Balaban J connectivity index is 1.96. The Morgan fingerprint density at radius 2 is 2.00 bits per heavy atom. The Labute approximate surface area is 98.6 Å². The van der Waals surface area contributed by atoms with Crippen LogP contribution in [0.1, 0.15) is 33.6 Å². The molecule has 2 aliphatic rings. The zero-order valence-electron chi connectivity index (χ0n) is 10.8. The third kappa shape index (κ3) is 2.10. The molecule has 0 bridgehead atoms. The van der Waals surface area contributed by atoms with E-state index in [1.54, 1.807) is 0 Å². The largest absolute Gasteiger partial charge is 0.342 e. The number of nitrogens with one attached hydrogen (secondary N) is 1. The van der Waals surface area contributed by atoms with Gasteiger partial charge in [0.1, 0.15) is 0 Å². The van der Waals surface area contributed by atoms with E-state index < -0.39 is 0 Å². The van der Waals surface area contributed by atoms with Crippen LogP contribution >= 0.6 is 0 Å². The number of carbonyl (C=O) groups excluding carboxylic acids is 1. The van der Waals surface area contributed by atoms with Gasteiger partial charge in [-0.25, -0.2) is 0 Å². The van der Waals surface area contributed by atoms with Gasteiger partial charge in [-0.05, 0) is 18.8 Å². The predicted molar refractivity (Wildman–Crippen MR) is 65.1 cm³/mol. The monoisotopic (exact) mass is 224 g/mol. The van der Waals surface area contributed by atoms with Crippen molar-refractivity contribution in [2.45, 2.75) is 33.6 Å². The van der Waals surface area contributed by atoms with Gasteiger partial charge in [-0.2, -0.15) is 0 Å². The molecular formula is C13H24N2O. The summed E-state index contributed by atoms with van der Waals surface area (Å²) in [6.07, 6.45) is 2.47. The molecule has 0 aromatic rings. The number of hydrogen-bond donors (Lipinski definition) is 1. The third-order valence-electron chi connectivity index (χ3n) is 4.36. The van der Waals surface area contributed by atoms with Crippen molar-refractivity contribution in [3.05, 3.63) is 0 Å². The molecule has 2 fully saturated rings. The summed E-state index contributed by atoms with van der Waals surface area (Å²) < 4.78 is 0. The van der Waals surface area contributed by atoms with Crippen LogP contribution < -0.4 is 5.32 Å². The highest BCUT2D eigenvalue weighted by Gasteiger charge is 2.42. The Morgan fingerprint density at radius 1 is 1.31 bits per heavy atom. The lowest BCUT2D eigenvalue weighted by Crippen LogP contribution is -2.62. The van der Waals surface area contributed by atoms with Gasteiger partial charge in [0.2, 0.25) is 5.91 Å². The standard InChI is InChI=1S/C13H24N2O/c1-10(2)11(3)12(16)15-6-4-5-13(9-15)7-14-8-13/h10-11,14H,4-9H2,1-3H3. The Kier molecular flexibility index (Phi) is 3.24. The highest BCUT2D eigenvalue weighted by molar-refractivity contribution is 5.78. The van der Waals surface area contributed by atoms with Crippen LogP contribution in [0.2, 0.25) is 0 Å². The van der Waals surface area contributed by atoms with Crippen LogP contribution in [0.4, 0.5) is 0 Å². The summed E-state index contributed by atoms with van der Waals surface area (Å²) in [5.41, 5.74) is 0.421. The first-order valence-corrected chi connectivity index (χ1v) is 6.54. The summed E-state index contributed by atoms with van der Waals surface area (Å²) in [4.78, 5) is 14.4. The quantitative estimate of drug-likeness (QED) is 0.771. The van der Waals surface area contributed by atoms with E-state index in [4.69, 9.17) is 0 Å². The summed E-state index contributed by atoms with van der Waals surface area (Å²) in [5.74, 6) is 0.981. The van der Waals surface area contributed by atoms with Crippen LogP contribution in [0, 0.1) is 17.3 Å². The number of carbonyl (C=O) groups is 1. The summed E-state index contributed by atoms with van der Waals surface area (Å²) in [7, 11) is 0. The fourth-order valence-electron chi connectivity index (χ4n) is 2.74. The molecule has 0 aromatic carbocycles. The SMILES string of the molecule is CC(C)C(C)C(=O)N1CCCC2(CNC2)C1. The van der Waals surface area contributed by atoms with Gasteiger partial charge in [0.15, 0.2) is 0 Å². The maximum absolute atomic E-state index is 12.3. The minimum atomic E-state index is 0.170. The number of amides is 1. The van der Waals surface area contributed by atoms with Crippen LogP contribution in [0.5, 0.6) is 0 Å². The molecule has 2 heterocycles. The zero-order chi connectivity index (χ0) is 11.8. The van der Waals surface area contributed by atoms with E-state index in [1.165, 1.54) is 12.8 Å². The molecule has 3 heteroatoms. The van der Waals surface area contributed by atoms with Gasteiger partial charge in [0, 0.05) is 37.5 Å². The van der Waals surface area contributed by atoms with E-state index in [1.807, 2.05) is 0 Å². The van der Waals surface area contributed by atoms with E-state index in [9.17, 15) is 4.79 Å². The minimum absolute atomic E-state index is 0.170. The second kappa shape index (κ2) is 4.36. The Bertz CT molecular complexity index is 271. The van der Waals surface area contributed by atoms with Crippen LogP contribution in [-0.2, 0) is 4.79 Å². The fraction of sp³-hybridized carbons (Fsp3) is 0.923. The number of nitrogens with zero attached hydrogens (tertiary/aromatic N) is 1. The molecule has 1 spiro atoms. The van der Waals surface area contributed by atoms with Crippen molar-refractivity contribution >= 4 is 5.91 Å². The van der Waals surface area contributed by atoms with Crippen LogP contribution in [0.15, 0.2) is 0 Å². The number of rotatable bonds is 2. The second-order valence-corrected chi connectivity index (χ2v) is 6.00. The van der Waals surface area contributed by atoms with Gasteiger partial charge in [-0.3, -0.25) is 4.79 Å². The average Bonchev–Trinajstić information content (AvgIpc) is 2.25. The molecule has 1 atom stereocenters. The van der Waals surface area contributed by atoms with Crippen molar-refractivity contribution in [3.8, 4) is 0 Å². The van der Waals surface area contributed by atoms with Crippen LogP contribution in [0.3, 0.4) is 0 Å². The normalized spacial score (nSPS) is 25.6. The first-order chi connectivity index (χ1) is 7.54. The Morgan fingerprint density at radius 3 is 2.50 bits per heavy atom. The molecule has 0 aromatic heterocycles. The maximum Gasteiger partial charge on any atom is 0.225 e. The predicted octanol–water partition coefficient (Wildman–Crippen LogP) is 1.49. The summed E-state index contributed by atoms with van der Waals surface area (Å²) in [5, 5.41) is 3.35. The molecule has 2 saturated heterocycles. The van der Waals surface area contributed by atoms with E-state index in [-0.39, 0.29) is 5.92 Å². The lowest BCUT2D eigenvalue weighted by atomic mass is 9.74. The number of likely N-dealkylation sites (tertiary alicyclic amines) is 1. The van der Waals surface area contributed by atoms with E-state index in [0.717, 1.165) is 26.2 Å². The highest BCUT2D eigenvalue weighted by Crippen LogP contribution is 2.34. The van der Waals surface area contributed by atoms with Crippen LogP contribution in [0.25, 0.3) is 0 Å². The molecule has 1 unspecified atom stereocenters. The smallest absolute Gasteiger partial charge is 0.225 e. The number of piperidine rings is 1. The molecule has 0 radical (unpaired) electrons. The van der Waals surface area contributed by atoms with E-state index >= 15 is 0 Å².